The maximum absolute atomic E-state index is 13.3. The molecule has 1 aromatic heterocycles. The standard InChI is InChI=1S/C10H17FN4/c1-6(2)7(3)14-9-8(11)5-13-10(12-4)15-9/h5-7H,1-4H3,(H2,12,13,14,15). The molecule has 0 aromatic carbocycles. The quantitative estimate of drug-likeness (QED) is 0.802. The minimum absolute atomic E-state index is 0.166. The SMILES string of the molecule is CNc1ncc(F)c(NC(C)C(C)C)n1. The summed E-state index contributed by atoms with van der Waals surface area (Å²) in [7, 11) is 1.70. The molecule has 1 unspecified atom stereocenters. The zero-order chi connectivity index (χ0) is 11.4. The van der Waals surface area contributed by atoms with Gasteiger partial charge in [-0.15, -0.1) is 0 Å². The Morgan fingerprint density at radius 1 is 1.33 bits per heavy atom. The first-order chi connectivity index (χ1) is 7.04. The Bertz CT molecular complexity index is 327. The fourth-order valence-corrected chi connectivity index (χ4v) is 0.971. The van der Waals surface area contributed by atoms with E-state index in [-0.39, 0.29) is 11.9 Å². The Morgan fingerprint density at radius 2 is 2.00 bits per heavy atom. The fraction of sp³-hybridized carbons (Fsp3) is 0.600. The van der Waals surface area contributed by atoms with Crippen molar-refractivity contribution >= 4 is 11.8 Å². The number of nitrogens with one attached hydrogen (secondary N) is 2. The molecule has 0 amide bonds. The highest BCUT2D eigenvalue weighted by Crippen LogP contribution is 2.15. The van der Waals surface area contributed by atoms with Gasteiger partial charge in [0.1, 0.15) is 0 Å². The van der Waals surface area contributed by atoms with E-state index >= 15 is 0 Å². The molecule has 0 aliphatic rings. The Morgan fingerprint density at radius 3 is 2.53 bits per heavy atom. The number of rotatable bonds is 4. The topological polar surface area (TPSA) is 49.8 Å². The van der Waals surface area contributed by atoms with Gasteiger partial charge in [0, 0.05) is 13.1 Å². The summed E-state index contributed by atoms with van der Waals surface area (Å²) in [6, 6.07) is 0.166. The summed E-state index contributed by atoms with van der Waals surface area (Å²) < 4.78 is 13.3. The lowest BCUT2D eigenvalue weighted by atomic mass is 10.1. The molecule has 0 radical (unpaired) electrons. The maximum Gasteiger partial charge on any atom is 0.224 e. The predicted octanol–water partition coefficient (Wildman–Crippen LogP) is 2.11. The molecule has 15 heavy (non-hydrogen) atoms. The van der Waals surface area contributed by atoms with Gasteiger partial charge >= 0.3 is 0 Å². The molecular formula is C10H17FN4. The molecule has 0 aliphatic heterocycles. The highest BCUT2D eigenvalue weighted by molar-refractivity contribution is 5.41. The Labute approximate surface area is 89.3 Å². The van der Waals surface area contributed by atoms with Crippen LogP contribution in [0.2, 0.25) is 0 Å². The largest absolute Gasteiger partial charge is 0.365 e. The van der Waals surface area contributed by atoms with Crippen molar-refractivity contribution in [3.8, 4) is 0 Å². The summed E-state index contributed by atoms with van der Waals surface area (Å²) in [6.45, 7) is 6.12. The average molecular weight is 212 g/mol. The highest BCUT2D eigenvalue weighted by Gasteiger charge is 2.11. The van der Waals surface area contributed by atoms with Gasteiger partial charge in [-0.05, 0) is 12.8 Å². The van der Waals surface area contributed by atoms with Crippen molar-refractivity contribution in [2.24, 2.45) is 5.92 Å². The van der Waals surface area contributed by atoms with Crippen LogP contribution < -0.4 is 10.6 Å². The molecule has 0 fully saturated rings. The maximum atomic E-state index is 13.3. The lowest BCUT2D eigenvalue weighted by molar-refractivity contribution is 0.548. The lowest BCUT2D eigenvalue weighted by Gasteiger charge is -2.18. The number of anilines is 2. The molecule has 0 spiro atoms. The number of halogens is 1. The van der Waals surface area contributed by atoms with Gasteiger partial charge in [-0.2, -0.15) is 4.98 Å². The number of hydrogen-bond acceptors (Lipinski definition) is 4. The van der Waals surface area contributed by atoms with E-state index in [9.17, 15) is 4.39 Å². The Balaban J connectivity index is 2.83. The molecule has 2 N–H and O–H groups in total. The van der Waals surface area contributed by atoms with Crippen molar-refractivity contribution in [2.75, 3.05) is 17.7 Å². The molecule has 0 aliphatic carbocycles. The zero-order valence-electron chi connectivity index (χ0n) is 9.50. The molecule has 84 valence electrons. The molecule has 0 saturated carbocycles. The van der Waals surface area contributed by atoms with E-state index in [2.05, 4.69) is 34.4 Å². The van der Waals surface area contributed by atoms with Gasteiger partial charge in [-0.25, -0.2) is 9.37 Å². The summed E-state index contributed by atoms with van der Waals surface area (Å²) in [5, 5.41) is 5.79. The molecule has 1 atom stereocenters. The molecular weight excluding hydrogens is 195 g/mol. The van der Waals surface area contributed by atoms with Crippen LogP contribution in [0.3, 0.4) is 0 Å². The minimum atomic E-state index is -0.429. The molecule has 0 saturated heterocycles. The monoisotopic (exact) mass is 212 g/mol. The Hall–Kier alpha value is -1.39. The van der Waals surface area contributed by atoms with Crippen LogP contribution in [0.5, 0.6) is 0 Å². The van der Waals surface area contributed by atoms with E-state index in [1.807, 2.05) is 6.92 Å². The van der Waals surface area contributed by atoms with Crippen molar-refractivity contribution in [3.63, 3.8) is 0 Å². The summed E-state index contributed by atoms with van der Waals surface area (Å²) in [6.07, 6.45) is 1.16. The molecule has 5 heteroatoms. The van der Waals surface area contributed by atoms with Gasteiger partial charge < -0.3 is 10.6 Å². The lowest BCUT2D eigenvalue weighted by Crippen LogP contribution is -2.23. The third kappa shape index (κ3) is 3.04. The van der Waals surface area contributed by atoms with E-state index in [4.69, 9.17) is 0 Å². The van der Waals surface area contributed by atoms with Crippen LogP contribution in [0.4, 0.5) is 16.2 Å². The summed E-state index contributed by atoms with van der Waals surface area (Å²) >= 11 is 0. The smallest absolute Gasteiger partial charge is 0.224 e. The third-order valence-corrected chi connectivity index (χ3v) is 2.33. The van der Waals surface area contributed by atoms with Crippen LogP contribution in [0.25, 0.3) is 0 Å². The summed E-state index contributed by atoms with van der Waals surface area (Å²) in [5.41, 5.74) is 0. The van der Waals surface area contributed by atoms with Crippen molar-refractivity contribution < 1.29 is 4.39 Å². The fourth-order valence-electron chi connectivity index (χ4n) is 0.971. The van der Waals surface area contributed by atoms with Gasteiger partial charge in [-0.1, -0.05) is 13.8 Å². The second kappa shape index (κ2) is 4.91. The van der Waals surface area contributed by atoms with Crippen molar-refractivity contribution in [3.05, 3.63) is 12.0 Å². The van der Waals surface area contributed by atoms with E-state index in [1.165, 1.54) is 0 Å². The number of aromatic nitrogens is 2. The first kappa shape index (κ1) is 11.7. The molecule has 0 bridgehead atoms. The van der Waals surface area contributed by atoms with E-state index in [1.54, 1.807) is 7.05 Å². The molecule has 1 aromatic rings. The van der Waals surface area contributed by atoms with Crippen LogP contribution in [0.15, 0.2) is 6.20 Å². The second-order valence-corrected chi connectivity index (χ2v) is 3.82. The van der Waals surface area contributed by atoms with Gasteiger partial charge in [0.15, 0.2) is 11.6 Å². The van der Waals surface area contributed by atoms with E-state index < -0.39 is 5.82 Å². The van der Waals surface area contributed by atoms with Gasteiger partial charge in [0.2, 0.25) is 5.95 Å². The zero-order valence-corrected chi connectivity index (χ0v) is 9.50. The van der Waals surface area contributed by atoms with Gasteiger partial charge in [-0.3, -0.25) is 0 Å². The van der Waals surface area contributed by atoms with Crippen LogP contribution in [-0.2, 0) is 0 Å². The average Bonchev–Trinajstić information content (AvgIpc) is 2.21. The van der Waals surface area contributed by atoms with Crippen molar-refractivity contribution in [1.82, 2.24) is 9.97 Å². The van der Waals surface area contributed by atoms with Crippen molar-refractivity contribution in [2.45, 2.75) is 26.8 Å². The molecule has 1 heterocycles. The first-order valence-electron chi connectivity index (χ1n) is 5.01. The van der Waals surface area contributed by atoms with Crippen LogP contribution in [0, 0.1) is 11.7 Å². The number of nitrogens with zero attached hydrogens (tertiary/aromatic N) is 2. The predicted molar refractivity (Wildman–Crippen MR) is 59.5 cm³/mol. The van der Waals surface area contributed by atoms with Crippen LogP contribution in [-0.4, -0.2) is 23.1 Å². The Kier molecular flexibility index (Phi) is 3.82. The summed E-state index contributed by atoms with van der Waals surface area (Å²) in [4.78, 5) is 7.78. The second-order valence-electron chi connectivity index (χ2n) is 3.82. The first-order valence-corrected chi connectivity index (χ1v) is 5.01. The van der Waals surface area contributed by atoms with Gasteiger partial charge in [0.25, 0.3) is 0 Å². The molecule has 4 nitrogen and oxygen atoms in total. The normalized spacial score (nSPS) is 12.7. The van der Waals surface area contributed by atoms with Crippen LogP contribution >= 0.6 is 0 Å². The van der Waals surface area contributed by atoms with E-state index in [0.717, 1.165) is 6.20 Å². The number of hydrogen-bond donors (Lipinski definition) is 2. The van der Waals surface area contributed by atoms with E-state index in [0.29, 0.717) is 11.9 Å². The third-order valence-electron chi connectivity index (χ3n) is 2.33. The summed E-state index contributed by atoms with van der Waals surface area (Å²) in [5.74, 6) is 0.643. The highest BCUT2D eigenvalue weighted by atomic mass is 19.1. The van der Waals surface area contributed by atoms with Gasteiger partial charge in [0.05, 0.1) is 6.20 Å². The minimum Gasteiger partial charge on any atom is -0.365 e. The van der Waals surface area contributed by atoms with Crippen LogP contribution in [0.1, 0.15) is 20.8 Å². The van der Waals surface area contributed by atoms with Crippen molar-refractivity contribution in [1.29, 1.82) is 0 Å². The molecule has 1 rings (SSSR count).